The molecule has 0 heterocycles. The Hall–Kier alpha value is -1.65. The average molecular weight is 228 g/mol. The van der Waals surface area contributed by atoms with Gasteiger partial charge in [0.2, 0.25) is 0 Å². The van der Waals surface area contributed by atoms with Gasteiger partial charge in [-0.25, -0.2) is 9.59 Å². The van der Waals surface area contributed by atoms with Crippen molar-refractivity contribution in [2.45, 2.75) is 27.7 Å². The highest BCUT2D eigenvalue weighted by Gasteiger charge is 2.26. The predicted molar refractivity (Wildman–Crippen MR) is 56.3 cm³/mol. The van der Waals surface area contributed by atoms with E-state index in [1.54, 1.807) is 20.8 Å². The van der Waals surface area contributed by atoms with Crippen molar-refractivity contribution in [1.29, 1.82) is 0 Å². The third-order valence-corrected chi connectivity index (χ3v) is 1.49. The maximum Gasteiger partial charge on any atom is 0.351 e. The lowest BCUT2D eigenvalue weighted by atomic mass is 9.97. The number of hydrogen-bond acceptors (Lipinski definition) is 5. The second kappa shape index (κ2) is 5.44. The van der Waals surface area contributed by atoms with E-state index in [0.29, 0.717) is 0 Å². The van der Waals surface area contributed by atoms with Gasteiger partial charge >= 0.3 is 17.9 Å². The van der Waals surface area contributed by atoms with Gasteiger partial charge in [0.05, 0.1) is 5.41 Å². The van der Waals surface area contributed by atoms with Gasteiger partial charge in [-0.15, -0.1) is 0 Å². The minimum atomic E-state index is -0.894. The Bertz CT molecular complexity index is 322. The molecule has 0 aliphatic carbocycles. The highest BCUT2D eigenvalue weighted by molar-refractivity contribution is 5.91. The van der Waals surface area contributed by atoms with Crippen molar-refractivity contribution in [1.82, 2.24) is 0 Å². The van der Waals surface area contributed by atoms with E-state index in [9.17, 15) is 14.4 Å². The molecule has 0 fully saturated rings. The molecule has 0 N–H and O–H groups in total. The van der Waals surface area contributed by atoms with E-state index in [4.69, 9.17) is 0 Å². The van der Waals surface area contributed by atoms with E-state index in [-0.39, 0.29) is 5.57 Å². The topological polar surface area (TPSA) is 69.7 Å². The lowest BCUT2D eigenvalue weighted by Gasteiger charge is -2.15. The number of hydrogen-bond donors (Lipinski definition) is 0. The van der Waals surface area contributed by atoms with Crippen molar-refractivity contribution in [2.24, 2.45) is 5.41 Å². The van der Waals surface area contributed by atoms with E-state index in [0.717, 1.165) is 0 Å². The molecule has 0 aromatic rings. The minimum Gasteiger partial charge on any atom is -0.450 e. The maximum atomic E-state index is 11.3. The molecule has 5 nitrogen and oxygen atoms in total. The Morgan fingerprint density at radius 1 is 1.19 bits per heavy atom. The Kier molecular flexibility index (Phi) is 4.88. The van der Waals surface area contributed by atoms with E-state index in [2.05, 4.69) is 16.1 Å². The van der Waals surface area contributed by atoms with Crippen LogP contribution in [-0.4, -0.2) is 24.5 Å². The number of carbonyl (C=O) groups is 3. The number of rotatable bonds is 3. The molecule has 0 bridgehead atoms. The van der Waals surface area contributed by atoms with Crippen LogP contribution in [0.5, 0.6) is 0 Å². The summed E-state index contributed by atoms with van der Waals surface area (Å²) in [7, 11) is 0. The molecule has 0 atom stereocenters. The van der Waals surface area contributed by atoms with Crippen LogP contribution in [0.1, 0.15) is 27.7 Å². The Labute approximate surface area is 94.4 Å². The fourth-order valence-electron chi connectivity index (χ4n) is 0.534. The average Bonchev–Trinajstić information content (AvgIpc) is 2.12. The molecule has 0 aliphatic heterocycles. The van der Waals surface area contributed by atoms with E-state index < -0.39 is 29.9 Å². The molecule has 0 aromatic carbocycles. The van der Waals surface area contributed by atoms with Gasteiger partial charge in [0, 0.05) is 5.57 Å². The van der Waals surface area contributed by atoms with Crippen molar-refractivity contribution >= 4 is 17.9 Å². The first-order valence-electron chi connectivity index (χ1n) is 4.72. The molecular formula is C11H16O5. The predicted octanol–water partition coefficient (Wildman–Crippen LogP) is 1.22. The summed E-state index contributed by atoms with van der Waals surface area (Å²) in [5.41, 5.74) is -0.594. The van der Waals surface area contributed by atoms with E-state index in [1.165, 1.54) is 6.92 Å². The van der Waals surface area contributed by atoms with Crippen LogP contribution >= 0.6 is 0 Å². The number of carbonyl (C=O) groups excluding carboxylic acids is 3. The SMILES string of the molecule is C=C(C)C(=O)OCC(=O)OC(=O)C(C)(C)C. The second-order valence-corrected chi connectivity index (χ2v) is 4.37. The van der Waals surface area contributed by atoms with Crippen LogP contribution in [0.3, 0.4) is 0 Å². The molecule has 0 radical (unpaired) electrons. The summed E-state index contributed by atoms with van der Waals surface area (Å²) in [6.45, 7) is 9.04. The van der Waals surface area contributed by atoms with Gasteiger partial charge in [0.15, 0.2) is 6.61 Å². The molecule has 0 amide bonds. The zero-order chi connectivity index (χ0) is 12.9. The molecule has 5 heteroatoms. The van der Waals surface area contributed by atoms with Crippen LogP contribution in [0.4, 0.5) is 0 Å². The summed E-state index contributed by atoms with van der Waals surface area (Å²) in [5.74, 6) is -2.25. The van der Waals surface area contributed by atoms with E-state index in [1.807, 2.05) is 0 Å². The normalized spacial score (nSPS) is 10.5. The van der Waals surface area contributed by atoms with Crippen LogP contribution in [0, 0.1) is 5.41 Å². The van der Waals surface area contributed by atoms with Crippen LogP contribution in [-0.2, 0) is 23.9 Å². The molecule has 90 valence electrons. The Morgan fingerprint density at radius 3 is 2.06 bits per heavy atom. The molecule has 0 aromatic heterocycles. The largest absolute Gasteiger partial charge is 0.450 e. The summed E-state index contributed by atoms with van der Waals surface area (Å²) < 4.78 is 8.97. The molecule has 0 spiro atoms. The fraction of sp³-hybridized carbons (Fsp3) is 0.545. The third-order valence-electron chi connectivity index (χ3n) is 1.49. The van der Waals surface area contributed by atoms with Crippen LogP contribution in [0.25, 0.3) is 0 Å². The standard InChI is InChI=1S/C11H16O5/c1-7(2)9(13)15-6-8(12)16-10(14)11(3,4)5/h1,6H2,2-5H3. The van der Waals surface area contributed by atoms with Gasteiger partial charge in [-0.1, -0.05) is 6.58 Å². The second-order valence-electron chi connectivity index (χ2n) is 4.37. The van der Waals surface area contributed by atoms with Crippen molar-refractivity contribution in [3.63, 3.8) is 0 Å². The summed E-state index contributed by atoms with van der Waals surface area (Å²) in [4.78, 5) is 33.2. The summed E-state index contributed by atoms with van der Waals surface area (Å²) >= 11 is 0. The summed E-state index contributed by atoms with van der Waals surface area (Å²) in [5, 5.41) is 0. The van der Waals surface area contributed by atoms with Gasteiger partial charge in [-0.05, 0) is 27.7 Å². The lowest BCUT2D eigenvalue weighted by molar-refractivity contribution is -0.170. The van der Waals surface area contributed by atoms with Gasteiger partial charge in [-0.2, -0.15) is 0 Å². The molecule has 0 aliphatic rings. The molecule has 0 rings (SSSR count). The van der Waals surface area contributed by atoms with Crippen molar-refractivity contribution < 1.29 is 23.9 Å². The van der Waals surface area contributed by atoms with Gasteiger partial charge in [0.25, 0.3) is 0 Å². The number of esters is 3. The summed E-state index contributed by atoms with van der Waals surface area (Å²) in [6.07, 6.45) is 0. The lowest BCUT2D eigenvalue weighted by Crippen LogP contribution is -2.28. The third kappa shape index (κ3) is 5.29. The molecule has 0 saturated carbocycles. The van der Waals surface area contributed by atoms with Crippen LogP contribution in [0.15, 0.2) is 12.2 Å². The first-order valence-corrected chi connectivity index (χ1v) is 4.72. The number of ether oxygens (including phenoxy) is 2. The van der Waals surface area contributed by atoms with Gasteiger partial charge < -0.3 is 9.47 Å². The van der Waals surface area contributed by atoms with Crippen molar-refractivity contribution in [3.8, 4) is 0 Å². The van der Waals surface area contributed by atoms with Gasteiger partial charge in [0.1, 0.15) is 0 Å². The minimum absolute atomic E-state index is 0.176. The summed E-state index contributed by atoms with van der Waals surface area (Å²) in [6, 6.07) is 0. The monoisotopic (exact) mass is 228 g/mol. The fourth-order valence-corrected chi connectivity index (χ4v) is 0.534. The Morgan fingerprint density at radius 2 is 1.69 bits per heavy atom. The van der Waals surface area contributed by atoms with E-state index >= 15 is 0 Å². The molecule has 0 saturated heterocycles. The quantitative estimate of drug-likeness (QED) is 0.412. The molecule has 0 unspecified atom stereocenters. The van der Waals surface area contributed by atoms with Crippen LogP contribution in [0.2, 0.25) is 0 Å². The smallest absolute Gasteiger partial charge is 0.351 e. The highest BCUT2D eigenvalue weighted by atomic mass is 16.6. The molecule has 16 heavy (non-hydrogen) atoms. The van der Waals surface area contributed by atoms with Crippen molar-refractivity contribution in [3.05, 3.63) is 12.2 Å². The first kappa shape index (κ1) is 14.3. The first-order chi connectivity index (χ1) is 7.14. The zero-order valence-corrected chi connectivity index (χ0v) is 9.96. The Balaban J connectivity index is 4.07. The maximum absolute atomic E-state index is 11.3. The van der Waals surface area contributed by atoms with Gasteiger partial charge in [-0.3, -0.25) is 4.79 Å². The van der Waals surface area contributed by atoms with Crippen molar-refractivity contribution in [2.75, 3.05) is 6.61 Å². The molecular weight excluding hydrogens is 212 g/mol. The van der Waals surface area contributed by atoms with Crippen LogP contribution < -0.4 is 0 Å². The highest BCUT2D eigenvalue weighted by Crippen LogP contribution is 2.15. The zero-order valence-electron chi connectivity index (χ0n) is 9.96.